The summed E-state index contributed by atoms with van der Waals surface area (Å²) in [5.41, 5.74) is 1.23. The van der Waals surface area contributed by atoms with Gasteiger partial charge in [0.25, 0.3) is 0 Å². The molecule has 0 radical (unpaired) electrons. The number of hydrogen-bond acceptors (Lipinski definition) is 2. The Bertz CT molecular complexity index is 235. The zero-order valence-electron chi connectivity index (χ0n) is 6.75. The van der Waals surface area contributed by atoms with E-state index < -0.39 is 0 Å². The molecule has 1 fully saturated rings. The molecule has 0 saturated carbocycles. The minimum absolute atomic E-state index is 0.649. The average molecular weight is 151 g/mol. The third kappa shape index (κ3) is 1.28. The van der Waals surface area contributed by atoms with Gasteiger partial charge in [-0.3, -0.25) is 0 Å². The van der Waals surface area contributed by atoms with Crippen LogP contribution in [0.5, 0.6) is 0 Å². The first-order chi connectivity index (χ1) is 5.36. The topological polar surface area (TPSA) is 29.9 Å². The van der Waals surface area contributed by atoms with E-state index >= 15 is 0 Å². The fraction of sp³-hybridized carbons (Fsp3) is 0.625. The van der Waals surface area contributed by atoms with Crippen LogP contribution in [0.4, 0.5) is 0 Å². The number of rotatable bonds is 1. The molecule has 1 aliphatic heterocycles. The highest BCUT2D eigenvalue weighted by Gasteiger charge is 2.17. The molecule has 1 aliphatic rings. The Morgan fingerprint density at radius 3 is 3.18 bits per heavy atom. The van der Waals surface area contributed by atoms with E-state index in [9.17, 15) is 0 Å². The SMILES string of the molecule is Cn1cnc(C2CCNC2)c1. The van der Waals surface area contributed by atoms with Gasteiger partial charge in [0.2, 0.25) is 0 Å². The highest BCUT2D eigenvalue weighted by atomic mass is 15.0. The molecule has 1 unspecified atom stereocenters. The van der Waals surface area contributed by atoms with Crippen molar-refractivity contribution in [1.29, 1.82) is 0 Å². The van der Waals surface area contributed by atoms with Crippen LogP contribution in [0, 0.1) is 0 Å². The number of hydrogen-bond donors (Lipinski definition) is 1. The fourth-order valence-electron chi connectivity index (χ4n) is 1.55. The lowest BCUT2D eigenvalue weighted by atomic mass is 10.1. The summed E-state index contributed by atoms with van der Waals surface area (Å²) in [6, 6.07) is 0. The van der Waals surface area contributed by atoms with Crippen molar-refractivity contribution in [2.45, 2.75) is 12.3 Å². The summed E-state index contributed by atoms with van der Waals surface area (Å²) in [4.78, 5) is 4.32. The minimum atomic E-state index is 0.649. The van der Waals surface area contributed by atoms with Gasteiger partial charge in [0.15, 0.2) is 0 Å². The molecule has 2 rings (SSSR count). The van der Waals surface area contributed by atoms with Gasteiger partial charge in [-0.2, -0.15) is 0 Å². The van der Waals surface area contributed by atoms with Crippen molar-refractivity contribution < 1.29 is 0 Å². The standard InChI is InChI=1S/C8H13N3/c1-11-5-8(10-6-11)7-2-3-9-4-7/h5-7,9H,2-4H2,1H3. The van der Waals surface area contributed by atoms with Crippen LogP contribution in [0.15, 0.2) is 12.5 Å². The Balaban J connectivity index is 2.15. The molecule has 1 saturated heterocycles. The van der Waals surface area contributed by atoms with Crippen LogP contribution in [0.2, 0.25) is 0 Å². The number of imidazole rings is 1. The summed E-state index contributed by atoms with van der Waals surface area (Å²) in [5, 5.41) is 3.33. The fourth-order valence-corrected chi connectivity index (χ4v) is 1.55. The number of aromatic nitrogens is 2. The monoisotopic (exact) mass is 151 g/mol. The summed E-state index contributed by atoms with van der Waals surface area (Å²) in [5.74, 6) is 0.649. The Hall–Kier alpha value is -0.830. The van der Waals surface area contributed by atoms with Gasteiger partial charge in [0.1, 0.15) is 0 Å². The van der Waals surface area contributed by atoms with Crippen molar-refractivity contribution in [2.24, 2.45) is 7.05 Å². The molecule has 1 aromatic rings. The zero-order chi connectivity index (χ0) is 7.68. The first-order valence-electron chi connectivity index (χ1n) is 4.05. The molecule has 0 bridgehead atoms. The first-order valence-corrected chi connectivity index (χ1v) is 4.05. The van der Waals surface area contributed by atoms with Gasteiger partial charge in [0.05, 0.1) is 12.0 Å². The maximum Gasteiger partial charge on any atom is 0.0946 e. The predicted octanol–water partition coefficient (Wildman–Crippen LogP) is 0.497. The van der Waals surface area contributed by atoms with Gasteiger partial charge in [0, 0.05) is 25.7 Å². The van der Waals surface area contributed by atoms with Gasteiger partial charge >= 0.3 is 0 Å². The molecule has 0 aromatic carbocycles. The summed E-state index contributed by atoms with van der Waals surface area (Å²) < 4.78 is 2.01. The second-order valence-corrected chi connectivity index (χ2v) is 3.15. The number of aryl methyl sites for hydroxylation is 1. The molecular formula is C8H13N3. The van der Waals surface area contributed by atoms with Crippen molar-refractivity contribution in [3.05, 3.63) is 18.2 Å². The van der Waals surface area contributed by atoms with Gasteiger partial charge in [-0.1, -0.05) is 0 Å². The molecule has 1 N–H and O–H groups in total. The van der Waals surface area contributed by atoms with Gasteiger partial charge in [-0.15, -0.1) is 0 Å². The Morgan fingerprint density at radius 2 is 2.64 bits per heavy atom. The zero-order valence-corrected chi connectivity index (χ0v) is 6.75. The Morgan fingerprint density at radius 1 is 1.73 bits per heavy atom. The van der Waals surface area contributed by atoms with Crippen LogP contribution in [0.3, 0.4) is 0 Å². The summed E-state index contributed by atoms with van der Waals surface area (Å²) in [6.07, 6.45) is 5.21. The molecule has 3 heteroatoms. The normalized spacial score (nSPS) is 24.3. The van der Waals surface area contributed by atoms with E-state index in [4.69, 9.17) is 0 Å². The van der Waals surface area contributed by atoms with Crippen molar-refractivity contribution in [1.82, 2.24) is 14.9 Å². The summed E-state index contributed by atoms with van der Waals surface area (Å²) in [7, 11) is 2.01. The van der Waals surface area contributed by atoms with Crippen LogP contribution in [-0.4, -0.2) is 22.6 Å². The smallest absolute Gasteiger partial charge is 0.0946 e. The van der Waals surface area contributed by atoms with E-state index in [0.717, 1.165) is 13.1 Å². The average Bonchev–Trinajstić information content (AvgIpc) is 2.55. The molecule has 1 aromatic heterocycles. The molecule has 0 aliphatic carbocycles. The molecule has 0 spiro atoms. The quantitative estimate of drug-likeness (QED) is 0.633. The lowest BCUT2D eigenvalue weighted by Crippen LogP contribution is -2.08. The lowest BCUT2D eigenvalue weighted by Gasteiger charge is -2.01. The van der Waals surface area contributed by atoms with Crippen LogP contribution in [0.1, 0.15) is 18.0 Å². The second kappa shape index (κ2) is 2.66. The molecular weight excluding hydrogens is 138 g/mol. The molecule has 11 heavy (non-hydrogen) atoms. The van der Waals surface area contributed by atoms with Crippen LogP contribution >= 0.6 is 0 Å². The molecule has 1 atom stereocenters. The number of nitrogens with one attached hydrogen (secondary N) is 1. The van der Waals surface area contributed by atoms with Crippen molar-refractivity contribution >= 4 is 0 Å². The maximum atomic E-state index is 4.32. The maximum absolute atomic E-state index is 4.32. The highest BCUT2D eigenvalue weighted by Crippen LogP contribution is 2.19. The first kappa shape index (κ1) is 6.85. The van der Waals surface area contributed by atoms with E-state index in [-0.39, 0.29) is 0 Å². The Kier molecular flexibility index (Phi) is 1.66. The highest BCUT2D eigenvalue weighted by molar-refractivity contribution is 5.07. The van der Waals surface area contributed by atoms with E-state index in [1.54, 1.807) is 0 Å². The van der Waals surface area contributed by atoms with Crippen LogP contribution in [-0.2, 0) is 7.05 Å². The predicted molar refractivity (Wildman–Crippen MR) is 43.4 cm³/mol. The van der Waals surface area contributed by atoms with Gasteiger partial charge < -0.3 is 9.88 Å². The van der Waals surface area contributed by atoms with E-state index in [0.29, 0.717) is 5.92 Å². The van der Waals surface area contributed by atoms with Crippen molar-refractivity contribution in [3.63, 3.8) is 0 Å². The van der Waals surface area contributed by atoms with Gasteiger partial charge in [-0.05, 0) is 13.0 Å². The molecule has 60 valence electrons. The van der Waals surface area contributed by atoms with E-state index in [2.05, 4.69) is 16.5 Å². The third-order valence-corrected chi connectivity index (χ3v) is 2.20. The summed E-state index contributed by atoms with van der Waals surface area (Å²) in [6.45, 7) is 2.23. The minimum Gasteiger partial charge on any atom is -0.340 e. The lowest BCUT2D eigenvalue weighted by molar-refractivity contribution is 0.739. The van der Waals surface area contributed by atoms with Crippen LogP contribution in [0.25, 0.3) is 0 Å². The largest absolute Gasteiger partial charge is 0.340 e. The van der Waals surface area contributed by atoms with E-state index in [1.807, 2.05) is 17.9 Å². The van der Waals surface area contributed by atoms with Crippen molar-refractivity contribution in [3.8, 4) is 0 Å². The summed E-state index contributed by atoms with van der Waals surface area (Å²) >= 11 is 0. The number of nitrogens with zero attached hydrogens (tertiary/aromatic N) is 2. The third-order valence-electron chi connectivity index (χ3n) is 2.20. The molecule has 3 nitrogen and oxygen atoms in total. The molecule has 0 amide bonds. The molecule has 2 heterocycles. The van der Waals surface area contributed by atoms with Crippen LogP contribution < -0.4 is 5.32 Å². The van der Waals surface area contributed by atoms with E-state index in [1.165, 1.54) is 12.1 Å². The second-order valence-electron chi connectivity index (χ2n) is 3.15. The van der Waals surface area contributed by atoms with Crippen molar-refractivity contribution in [2.75, 3.05) is 13.1 Å². The Labute approximate surface area is 66.4 Å². The van der Waals surface area contributed by atoms with Gasteiger partial charge in [-0.25, -0.2) is 4.98 Å².